The maximum Gasteiger partial charge on any atom is 0.508 e. The van der Waals surface area contributed by atoms with Crippen molar-refractivity contribution in [2.45, 2.75) is 26.1 Å². The third kappa shape index (κ3) is 9.24. The second-order valence-corrected chi connectivity index (χ2v) is 3.15. The molecule has 0 amide bonds. The first-order chi connectivity index (χ1) is 7.06. The van der Waals surface area contributed by atoms with Gasteiger partial charge in [-0.2, -0.15) is 0 Å². The largest absolute Gasteiger partial charge is 0.508 e. The number of aliphatic hydroxyl groups is 1. The fraction of sp³-hybridized carbons (Fsp3) is 0.700. The van der Waals surface area contributed by atoms with E-state index in [2.05, 4.69) is 11.3 Å². The molecule has 5 nitrogen and oxygen atoms in total. The number of aliphatic hydroxyl groups excluding tert-OH is 1. The molecule has 0 heterocycles. The Bertz CT molecular complexity index is 190. The van der Waals surface area contributed by atoms with Crippen LogP contribution in [0.4, 0.5) is 4.79 Å². The van der Waals surface area contributed by atoms with Crippen molar-refractivity contribution in [3.63, 3.8) is 0 Å². The summed E-state index contributed by atoms with van der Waals surface area (Å²) in [5.41, 5.74) is 0. The fourth-order valence-electron chi connectivity index (χ4n) is 0.706. The molecule has 2 atom stereocenters. The second kappa shape index (κ2) is 8.26. The van der Waals surface area contributed by atoms with Gasteiger partial charge in [-0.1, -0.05) is 12.7 Å². The Balaban J connectivity index is 3.48. The molecule has 0 saturated carbocycles. The predicted octanol–water partition coefficient (Wildman–Crippen LogP) is 1.11. The van der Waals surface area contributed by atoms with E-state index in [4.69, 9.17) is 14.6 Å². The van der Waals surface area contributed by atoms with Crippen molar-refractivity contribution in [2.24, 2.45) is 0 Å². The summed E-state index contributed by atoms with van der Waals surface area (Å²) in [6.45, 7) is 7.19. The lowest BCUT2D eigenvalue weighted by molar-refractivity contribution is -0.0326. The molecule has 0 aliphatic rings. The number of rotatable bonds is 7. The van der Waals surface area contributed by atoms with Gasteiger partial charge in [0, 0.05) is 0 Å². The van der Waals surface area contributed by atoms with Crippen LogP contribution in [-0.4, -0.2) is 43.3 Å². The highest BCUT2D eigenvalue weighted by Gasteiger charge is 2.08. The Morgan fingerprint density at radius 1 is 1.40 bits per heavy atom. The third-order valence-electron chi connectivity index (χ3n) is 1.38. The molecular weight excluding hydrogens is 200 g/mol. The van der Waals surface area contributed by atoms with Crippen LogP contribution in [0.15, 0.2) is 12.7 Å². The van der Waals surface area contributed by atoms with Crippen LogP contribution >= 0.6 is 0 Å². The molecule has 0 aliphatic heterocycles. The molecular formula is C10H18O5. The molecule has 0 aliphatic carbocycles. The van der Waals surface area contributed by atoms with Crippen LogP contribution in [0, 0.1) is 0 Å². The second-order valence-electron chi connectivity index (χ2n) is 3.15. The van der Waals surface area contributed by atoms with Crippen LogP contribution < -0.4 is 0 Å². The van der Waals surface area contributed by atoms with Gasteiger partial charge in [0.25, 0.3) is 0 Å². The van der Waals surface area contributed by atoms with Gasteiger partial charge in [-0.3, -0.25) is 0 Å². The highest BCUT2D eigenvalue weighted by molar-refractivity contribution is 5.59. The molecule has 15 heavy (non-hydrogen) atoms. The maximum absolute atomic E-state index is 10.8. The summed E-state index contributed by atoms with van der Waals surface area (Å²) >= 11 is 0. The van der Waals surface area contributed by atoms with Gasteiger partial charge in [0.2, 0.25) is 0 Å². The number of hydrogen-bond donors (Lipinski definition) is 1. The molecule has 0 aromatic rings. The van der Waals surface area contributed by atoms with Crippen molar-refractivity contribution in [1.82, 2.24) is 0 Å². The van der Waals surface area contributed by atoms with E-state index in [9.17, 15) is 4.79 Å². The van der Waals surface area contributed by atoms with Crippen molar-refractivity contribution in [1.29, 1.82) is 0 Å². The average molecular weight is 218 g/mol. The standard InChI is InChI=1S/C10H18O5/c1-4-5-13-10(12)15-7-9(3)14-6-8(2)11/h4,8-9,11H,1,5-7H2,2-3H3. The van der Waals surface area contributed by atoms with E-state index in [-0.39, 0.29) is 25.9 Å². The molecule has 88 valence electrons. The third-order valence-corrected chi connectivity index (χ3v) is 1.38. The molecule has 2 unspecified atom stereocenters. The molecule has 0 saturated heterocycles. The van der Waals surface area contributed by atoms with Gasteiger partial charge in [0.05, 0.1) is 18.8 Å². The van der Waals surface area contributed by atoms with Gasteiger partial charge in [0.1, 0.15) is 13.2 Å². The molecule has 5 heteroatoms. The topological polar surface area (TPSA) is 65.0 Å². The number of carbonyl (C=O) groups is 1. The monoisotopic (exact) mass is 218 g/mol. The zero-order valence-corrected chi connectivity index (χ0v) is 9.14. The highest BCUT2D eigenvalue weighted by atomic mass is 16.7. The van der Waals surface area contributed by atoms with Crippen LogP contribution in [-0.2, 0) is 14.2 Å². The van der Waals surface area contributed by atoms with Gasteiger partial charge < -0.3 is 19.3 Å². The molecule has 0 radical (unpaired) electrons. The normalized spacial score (nSPS) is 14.1. The van der Waals surface area contributed by atoms with Gasteiger partial charge in [-0.25, -0.2) is 4.79 Å². The lowest BCUT2D eigenvalue weighted by Crippen LogP contribution is -2.23. The summed E-state index contributed by atoms with van der Waals surface area (Å²) in [5, 5.41) is 8.93. The quantitative estimate of drug-likeness (QED) is 0.512. The lowest BCUT2D eigenvalue weighted by atomic mass is 10.4. The van der Waals surface area contributed by atoms with Crippen LogP contribution in [0.25, 0.3) is 0 Å². The Hall–Kier alpha value is -1.07. The van der Waals surface area contributed by atoms with E-state index in [1.807, 2.05) is 0 Å². The van der Waals surface area contributed by atoms with Gasteiger partial charge in [0.15, 0.2) is 0 Å². The summed E-state index contributed by atoms with van der Waals surface area (Å²) in [7, 11) is 0. The first kappa shape index (κ1) is 13.9. The lowest BCUT2D eigenvalue weighted by Gasteiger charge is -2.14. The van der Waals surface area contributed by atoms with E-state index in [1.54, 1.807) is 13.8 Å². The smallest absolute Gasteiger partial charge is 0.432 e. The molecule has 0 aromatic heterocycles. The van der Waals surface area contributed by atoms with Crippen LogP contribution in [0.5, 0.6) is 0 Å². The zero-order chi connectivity index (χ0) is 11.7. The fourth-order valence-corrected chi connectivity index (χ4v) is 0.706. The minimum absolute atomic E-state index is 0.0999. The van der Waals surface area contributed by atoms with E-state index in [0.717, 1.165) is 0 Å². The molecule has 0 rings (SSSR count). The van der Waals surface area contributed by atoms with Crippen molar-refractivity contribution in [2.75, 3.05) is 19.8 Å². The average Bonchev–Trinajstić information content (AvgIpc) is 2.20. The highest BCUT2D eigenvalue weighted by Crippen LogP contribution is 1.96. The zero-order valence-electron chi connectivity index (χ0n) is 9.14. The first-order valence-corrected chi connectivity index (χ1v) is 4.76. The number of ether oxygens (including phenoxy) is 3. The SMILES string of the molecule is C=CCOC(=O)OCC(C)OCC(C)O. The minimum atomic E-state index is -0.748. The molecule has 1 N–H and O–H groups in total. The maximum atomic E-state index is 10.8. The van der Waals surface area contributed by atoms with Gasteiger partial charge in [-0.15, -0.1) is 0 Å². The van der Waals surface area contributed by atoms with Gasteiger partial charge in [-0.05, 0) is 13.8 Å². The van der Waals surface area contributed by atoms with Crippen LogP contribution in [0.3, 0.4) is 0 Å². The van der Waals surface area contributed by atoms with E-state index < -0.39 is 12.3 Å². The molecule has 0 spiro atoms. The van der Waals surface area contributed by atoms with E-state index in [0.29, 0.717) is 0 Å². The van der Waals surface area contributed by atoms with Crippen LogP contribution in [0.1, 0.15) is 13.8 Å². The Morgan fingerprint density at radius 2 is 2.07 bits per heavy atom. The van der Waals surface area contributed by atoms with Crippen LogP contribution in [0.2, 0.25) is 0 Å². The van der Waals surface area contributed by atoms with Gasteiger partial charge >= 0.3 is 6.16 Å². The van der Waals surface area contributed by atoms with Crippen molar-refractivity contribution in [3.05, 3.63) is 12.7 Å². The van der Waals surface area contributed by atoms with Crippen molar-refractivity contribution >= 4 is 6.16 Å². The number of carbonyl (C=O) groups excluding carboxylic acids is 1. The summed E-state index contributed by atoms with van der Waals surface area (Å²) in [4.78, 5) is 10.8. The summed E-state index contributed by atoms with van der Waals surface area (Å²) in [5.74, 6) is 0. The summed E-state index contributed by atoms with van der Waals surface area (Å²) < 4.78 is 14.5. The molecule has 0 fully saturated rings. The minimum Gasteiger partial charge on any atom is -0.432 e. The number of hydrogen-bond acceptors (Lipinski definition) is 5. The molecule has 0 bridgehead atoms. The molecule has 0 aromatic carbocycles. The summed E-state index contributed by atoms with van der Waals surface area (Å²) in [6.07, 6.45) is -0.0901. The Kier molecular flexibility index (Phi) is 7.67. The summed E-state index contributed by atoms with van der Waals surface area (Å²) in [6, 6.07) is 0. The Morgan fingerprint density at radius 3 is 2.60 bits per heavy atom. The van der Waals surface area contributed by atoms with Crippen molar-refractivity contribution < 1.29 is 24.1 Å². The van der Waals surface area contributed by atoms with E-state index >= 15 is 0 Å². The Labute approximate surface area is 89.6 Å². The van der Waals surface area contributed by atoms with E-state index in [1.165, 1.54) is 6.08 Å². The first-order valence-electron chi connectivity index (χ1n) is 4.76. The predicted molar refractivity (Wildman–Crippen MR) is 54.6 cm³/mol. The van der Waals surface area contributed by atoms with Crippen molar-refractivity contribution in [3.8, 4) is 0 Å².